The Balaban J connectivity index is 1.61. The standard InChI is InChI=1S/C24H21ClN2O5/c1-31-16-6-3-13(4-7-16)14-9-19-17(21(28)10-14)12-18(23(29)26-19)24(30)27-20-11-15(25)5-8-22(20)32-2/h3-8,11-12,14H,9-10H2,1-2H3,(H,26,29)(H,27,30)/t14-/m1/s1. The van der Waals surface area contributed by atoms with Gasteiger partial charge in [-0.05, 0) is 54.3 Å². The Labute approximate surface area is 189 Å². The van der Waals surface area contributed by atoms with Gasteiger partial charge in [0.1, 0.15) is 17.1 Å². The summed E-state index contributed by atoms with van der Waals surface area (Å²) in [4.78, 5) is 41.1. The van der Waals surface area contributed by atoms with Crippen LogP contribution in [-0.2, 0) is 6.42 Å². The number of aromatic amines is 1. The molecule has 0 radical (unpaired) electrons. The molecule has 1 atom stereocenters. The molecule has 0 saturated heterocycles. The number of ketones is 1. The summed E-state index contributed by atoms with van der Waals surface area (Å²) in [6.45, 7) is 0. The van der Waals surface area contributed by atoms with Crippen LogP contribution < -0.4 is 20.3 Å². The summed E-state index contributed by atoms with van der Waals surface area (Å²) in [6.07, 6.45) is 0.779. The molecule has 0 bridgehead atoms. The molecule has 7 nitrogen and oxygen atoms in total. The lowest BCUT2D eigenvalue weighted by Gasteiger charge is -2.24. The highest BCUT2D eigenvalue weighted by atomic mass is 35.5. The molecule has 0 aliphatic heterocycles. The molecule has 1 heterocycles. The Morgan fingerprint density at radius 1 is 1.03 bits per heavy atom. The van der Waals surface area contributed by atoms with Crippen LogP contribution in [0.4, 0.5) is 5.69 Å². The van der Waals surface area contributed by atoms with Gasteiger partial charge in [-0.15, -0.1) is 0 Å². The smallest absolute Gasteiger partial charge is 0.261 e. The number of carbonyl (C=O) groups excluding carboxylic acids is 2. The van der Waals surface area contributed by atoms with Gasteiger partial charge in [0.05, 0.1) is 19.9 Å². The van der Waals surface area contributed by atoms with Crippen molar-refractivity contribution in [1.82, 2.24) is 4.98 Å². The van der Waals surface area contributed by atoms with Crippen LogP contribution in [0.25, 0.3) is 0 Å². The number of nitrogens with one attached hydrogen (secondary N) is 2. The van der Waals surface area contributed by atoms with Crippen LogP contribution in [0.2, 0.25) is 5.02 Å². The van der Waals surface area contributed by atoms with E-state index in [2.05, 4.69) is 10.3 Å². The van der Waals surface area contributed by atoms with Crippen molar-refractivity contribution in [2.45, 2.75) is 18.8 Å². The molecule has 1 aliphatic rings. The number of hydrogen-bond acceptors (Lipinski definition) is 5. The molecule has 1 aliphatic carbocycles. The number of halogens is 1. The largest absolute Gasteiger partial charge is 0.497 e. The van der Waals surface area contributed by atoms with E-state index in [4.69, 9.17) is 21.1 Å². The normalized spacial score (nSPS) is 15.1. The lowest BCUT2D eigenvalue weighted by atomic mass is 9.81. The number of pyridine rings is 1. The van der Waals surface area contributed by atoms with Gasteiger partial charge in [-0.2, -0.15) is 0 Å². The van der Waals surface area contributed by atoms with Crippen molar-refractivity contribution in [2.75, 3.05) is 19.5 Å². The molecule has 2 aromatic carbocycles. The zero-order chi connectivity index (χ0) is 22.8. The number of ether oxygens (including phenoxy) is 2. The summed E-state index contributed by atoms with van der Waals surface area (Å²) in [6, 6.07) is 13.6. The van der Waals surface area contributed by atoms with Gasteiger partial charge in [0, 0.05) is 22.7 Å². The quantitative estimate of drug-likeness (QED) is 0.604. The van der Waals surface area contributed by atoms with Crippen molar-refractivity contribution in [3.63, 3.8) is 0 Å². The number of rotatable bonds is 5. The van der Waals surface area contributed by atoms with Crippen LogP contribution in [0.1, 0.15) is 44.3 Å². The SMILES string of the molecule is COc1ccc([C@H]2CC(=O)c3cc(C(=O)Nc4cc(Cl)ccc4OC)c(=O)[nH]c3C2)cc1. The molecule has 4 rings (SSSR count). The molecule has 0 fully saturated rings. The number of benzene rings is 2. The van der Waals surface area contributed by atoms with E-state index in [0.717, 1.165) is 11.3 Å². The highest BCUT2D eigenvalue weighted by Gasteiger charge is 2.29. The fourth-order valence-electron chi connectivity index (χ4n) is 3.88. The van der Waals surface area contributed by atoms with Gasteiger partial charge in [0.25, 0.3) is 11.5 Å². The number of H-pyrrole nitrogens is 1. The van der Waals surface area contributed by atoms with Crippen LogP contribution in [0, 0.1) is 0 Å². The van der Waals surface area contributed by atoms with Crippen molar-refractivity contribution in [1.29, 1.82) is 0 Å². The van der Waals surface area contributed by atoms with Gasteiger partial charge in [-0.25, -0.2) is 0 Å². The molecule has 0 saturated carbocycles. The Bertz CT molecular complexity index is 1250. The van der Waals surface area contributed by atoms with E-state index in [1.165, 1.54) is 19.2 Å². The number of carbonyl (C=O) groups is 2. The van der Waals surface area contributed by atoms with Crippen molar-refractivity contribution < 1.29 is 19.1 Å². The van der Waals surface area contributed by atoms with Crippen molar-refractivity contribution in [2.24, 2.45) is 0 Å². The third kappa shape index (κ3) is 4.24. The van der Waals surface area contributed by atoms with Crippen LogP contribution >= 0.6 is 11.6 Å². The number of aromatic nitrogens is 1. The lowest BCUT2D eigenvalue weighted by Crippen LogP contribution is -2.29. The Kier molecular flexibility index (Phi) is 6.01. The molecule has 8 heteroatoms. The van der Waals surface area contributed by atoms with Gasteiger partial charge in [0.2, 0.25) is 0 Å². The molecule has 0 spiro atoms. The number of Topliss-reactive ketones (excluding diaryl/α,β-unsaturated/α-hetero) is 1. The second kappa shape index (κ2) is 8.88. The van der Waals surface area contributed by atoms with Gasteiger partial charge < -0.3 is 19.8 Å². The maximum atomic E-state index is 12.9. The summed E-state index contributed by atoms with van der Waals surface area (Å²) in [5, 5.41) is 3.04. The number of amides is 1. The van der Waals surface area contributed by atoms with E-state index in [0.29, 0.717) is 34.1 Å². The van der Waals surface area contributed by atoms with E-state index in [-0.39, 0.29) is 23.7 Å². The predicted octanol–water partition coefficient (Wildman–Crippen LogP) is 4.21. The molecular formula is C24H21ClN2O5. The summed E-state index contributed by atoms with van der Waals surface area (Å²) >= 11 is 6.00. The fourth-order valence-corrected chi connectivity index (χ4v) is 4.05. The maximum absolute atomic E-state index is 12.9. The second-order valence-corrected chi connectivity index (χ2v) is 7.94. The summed E-state index contributed by atoms with van der Waals surface area (Å²) in [5.74, 6) is 0.289. The Morgan fingerprint density at radius 3 is 2.47 bits per heavy atom. The number of anilines is 1. The molecule has 3 aromatic rings. The molecular weight excluding hydrogens is 432 g/mol. The average molecular weight is 453 g/mol. The fraction of sp³-hybridized carbons (Fsp3) is 0.208. The van der Waals surface area contributed by atoms with E-state index < -0.39 is 11.5 Å². The Morgan fingerprint density at radius 2 is 1.78 bits per heavy atom. The van der Waals surface area contributed by atoms with E-state index >= 15 is 0 Å². The molecule has 1 aromatic heterocycles. The third-order valence-electron chi connectivity index (χ3n) is 5.55. The topological polar surface area (TPSA) is 97.5 Å². The predicted molar refractivity (Wildman–Crippen MR) is 121 cm³/mol. The summed E-state index contributed by atoms with van der Waals surface area (Å²) < 4.78 is 10.4. The highest BCUT2D eigenvalue weighted by molar-refractivity contribution is 6.31. The van der Waals surface area contributed by atoms with Crippen molar-refractivity contribution >= 4 is 29.0 Å². The zero-order valence-corrected chi connectivity index (χ0v) is 18.3. The van der Waals surface area contributed by atoms with Crippen LogP contribution in [-0.4, -0.2) is 30.9 Å². The zero-order valence-electron chi connectivity index (χ0n) is 17.5. The lowest BCUT2D eigenvalue weighted by molar-refractivity contribution is 0.0963. The first kappa shape index (κ1) is 21.6. The van der Waals surface area contributed by atoms with E-state index in [1.807, 2.05) is 24.3 Å². The average Bonchev–Trinajstić information content (AvgIpc) is 2.78. The van der Waals surface area contributed by atoms with Gasteiger partial charge >= 0.3 is 0 Å². The van der Waals surface area contributed by atoms with Gasteiger partial charge in [0.15, 0.2) is 5.78 Å². The van der Waals surface area contributed by atoms with Crippen molar-refractivity contribution in [3.05, 3.63) is 86.3 Å². The van der Waals surface area contributed by atoms with E-state index in [1.54, 1.807) is 19.2 Å². The minimum atomic E-state index is -0.653. The minimum Gasteiger partial charge on any atom is -0.497 e. The molecule has 32 heavy (non-hydrogen) atoms. The molecule has 164 valence electrons. The van der Waals surface area contributed by atoms with Crippen molar-refractivity contribution in [3.8, 4) is 11.5 Å². The summed E-state index contributed by atoms with van der Waals surface area (Å²) in [7, 11) is 3.05. The van der Waals surface area contributed by atoms with Crippen LogP contribution in [0.5, 0.6) is 11.5 Å². The Hall–Kier alpha value is -3.58. The van der Waals surface area contributed by atoms with Crippen LogP contribution in [0.15, 0.2) is 53.3 Å². The van der Waals surface area contributed by atoms with Gasteiger partial charge in [-0.1, -0.05) is 23.7 Å². The first-order valence-electron chi connectivity index (χ1n) is 9.98. The summed E-state index contributed by atoms with van der Waals surface area (Å²) in [5.41, 5.74) is 1.49. The first-order valence-corrected chi connectivity index (χ1v) is 10.4. The van der Waals surface area contributed by atoms with Crippen LogP contribution in [0.3, 0.4) is 0 Å². The number of methoxy groups -OCH3 is 2. The van der Waals surface area contributed by atoms with E-state index in [9.17, 15) is 14.4 Å². The number of hydrogen-bond donors (Lipinski definition) is 2. The second-order valence-electron chi connectivity index (χ2n) is 7.50. The number of fused-ring (bicyclic) bond motifs is 1. The third-order valence-corrected chi connectivity index (χ3v) is 5.78. The maximum Gasteiger partial charge on any atom is 0.261 e. The molecule has 1 amide bonds. The first-order chi connectivity index (χ1) is 15.4. The van der Waals surface area contributed by atoms with Gasteiger partial charge in [-0.3, -0.25) is 14.4 Å². The minimum absolute atomic E-state index is 0.0630. The molecule has 2 N–H and O–H groups in total. The monoisotopic (exact) mass is 452 g/mol. The molecule has 0 unspecified atom stereocenters. The highest BCUT2D eigenvalue weighted by Crippen LogP contribution is 2.33.